The van der Waals surface area contributed by atoms with E-state index in [1.165, 1.54) is 16.4 Å². The Morgan fingerprint density at radius 1 is 1.17 bits per heavy atom. The maximum atomic E-state index is 13.3. The number of rotatable bonds is 5. The number of carbonyl (C=O) groups excluding carboxylic acids is 2. The molecule has 2 heterocycles. The van der Waals surface area contributed by atoms with E-state index in [1.54, 1.807) is 12.1 Å². The van der Waals surface area contributed by atoms with Crippen LogP contribution >= 0.6 is 0 Å². The van der Waals surface area contributed by atoms with Crippen LogP contribution in [0.1, 0.15) is 30.0 Å². The fourth-order valence-corrected chi connectivity index (χ4v) is 5.42. The first-order valence-electron chi connectivity index (χ1n) is 9.57. The second kappa shape index (κ2) is 8.16. The van der Waals surface area contributed by atoms with Gasteiger partial charge in [0.25, 0.3) is 0 Å². The second-order valence-corrected chi connectivity index (χ2v) is 9.06. The number of benzene rings is 2. The predicted octanol–water partition coefficient (Wildman–Crippen LogP) is 2.36. The largest absolute Gasteiger partial charge is 0.463 e. The van der Waals surface area contributed by atoms with Crippen LogP contribution in [0.2, 0.25) is 0 Å². The van der Waals surface area contributed by atoms with Crippen LogP contribution in [-0.4, -0.2) is 43.9 Å². The third-order valence-electron chi connectivity index (χ3n) is 5.30. The molecule has 158 valence electrons. The molecule has 9 heteroatoms. The molecule has 0 amide bonds. The molecule has 4 rings (SSSR count). The van der Waals surface area contributed by atoms with Crippen molar-refractivity contribution in [3.8, 4) is 0 Å². The van der Waals surface area contributed by atoms with Gasteiger partial charge in [0.2, 0.25) is 16.1 Å². The molecule has 30 heavy (non-hydrogen) atoms. The molecule has 2 aliphatic rings. The van der Waals surface area contributed by atoms with Gasteiger partial charge in [-0.2, -0.15) is 4.31 Å². The summed E-state index contributed by atoms with van der Waals surface area (Å²) in [5.74, 6) is -1.82. The molecular formula is C21H20FNO6S. The van der Waals surface area contributed by atoms with Gasteiger partial charge in [-0.1, -0.05) is 24.3 Å². The van der Waals surface area contributed by atoms with Gasteiger partial charge in [-0.25, -0.2) is 17.6 Å². The third kappa shape index (κ3) is 3.95. The van der Waals surface area contributed by atoms with Gasteiger partial charge in [0.1, 0.15) is 5.82 Å². The summed E-state index contributed by atoms with van der Waals surface area (Å²) < 4.78 is 51.1. The number of nitrogens with zero attached hydrogens (tertiary/aromatic N) is 1. The standard InChI is InChI=1S/C21H20FNO6S/c22-15-5-7-16(8-6-15)30(26,27)23-11-9-14-3-1-2-4-17(14)18(23)13-20(24)29-19-10-12-28-21(19)25/h1-8,18-19H,9-13H2. The van der Waals surface area contributed by atoms with Crippen LogP contribution in [0, 0.1) is 5.82 Å². The highest BCUT2D eigenvalue weighted by atomic mass is 32.2. The van der Waals surface area contributed by atoms with Crippen LogP contribution in [0.15, 0.2) is 53.4 Å². The minimum absolute atomic E-state index is 0.0546. The van der Waals surface area contributed by atoms with Crippen molar-refractivity contribution in [2.45, 2.75) is 36.3 Å². The van der Waals surface area contributed by atoms with E-state index in [9.17, 15) is 22.4 Å². The lowest BCUT2D eigenvalue weighted by Gasteiger charge is -2.36. The summed E-state index contributed by atoms with van der Waals surface area (Å²) in [6.45, 7) is 0.355. The predicted molar refractivity (Wildman–Crippen MR) is 103 cm³/mol. The second-order valence-electron chi connectivity index (χ2n) is 7.17. The van der Waals surface area contributed by atoms with E-state index in [1.807, 2.05) is 12.1 Å². The zero-order valence-electron chi connectivity index (χ0n) is 16.0. The van der Waals surface area contributed by atoms with Crippen LogP contribution in [0.25, 0.3) is 0 Å². The highest BCUT2D eigenvalue weighted by Crippen LogP contribution is 2.36. The minimum atomic E-state index is -3.99. The summed E-state index contributed by atoms with van der Waals surface area (Å²) in [6, 6.07) is 11.1. The van der Waals surface area contributed by atoms with Gasteiger partial charge in [0, 0.05) is 13.0 Å². The monoisotopic (exact) mass is 433 g/mol. The van der Waals surface area contributed by atoms with Crippen LogP contribution in [0.3, 0.4) is 0 Å². The molecule has 1 fully saturated rings. The molecule has 2 aromatic carbocycles. The minimum Gasteiger partial charge on any atom is -0.463 e. The van der Waals surface area contributed by atoms with Crippen LogP contribution in [0.4, 0.5) is 4.39 Å². The maximum absolute atomic E-state index is 13.3. The highest BCUT2D eigenvalue weighted by molar-refractivity contribution is 7.89. The summed E-state index contributed by atoms with van der Waals surface area (Å²) in [6.07, 6.45) is -0.444. The summed E-state index contributed by atoms with van der Waals surface area (Å²) in [5.41, 5.74) is 1.65. The Balaban J connectivity index is 1.64. The zero-order valence-corrected chi connectivity index (χ0v) is 16.8. The molecule has 0 radical (unpaired) electrons. The summed E-state index contributed by atoms with van der Waals surface area (Å²) >= 11 is 0. The fourth-order valence-electron chi connectivity index (χ4n) is 3.82. The number of fused-ring (bicyclic) bond motifs is 1. The van der Waals surface area contributed by atoms with E-state index < -0.39 is 39.9 Å². The van der Waals surface area contributed by atoms with Crippen LogP contribution < -0.4 is 0 Å². The van der Waals surface area contributed by atoms with Crippen molar-refractivity contribution < 1.29 is 31.9 Å². The smallest absolute Gasteiger partial charge is 0.347 e. The first kappa shape index (κ1) is 20.5. The Bertz CT molecular complexity index is 1070. The number of halogens is 1. The molecule has 2 atom stereocenters. The van der Waals surface area contributed by atoms with Crippen molar-refractivity contribution in [2.24, 2.45) is 0 Å². The van der Waals surface area contributed by atoms with Gasteiger partial charge in [0.15, 0.2) is 0 Å². The summed E-state index contributed by atoms with van der Waals surface area (Å²) in [5, 5.41) is 0. The summed E-state index contributed by atoms with van der Waals surface area (Å²) in [4.78, 5) is 24.1. The van der Waals surface area contributed by atoms with E-state index in [0.717, 1.165) is 17.7 Å². The van der Waals surface area contributed by atoms with Gasteiger partial charge in [-0.15, -0.1) is 0 Å². The molecule has 0 saturated carbocycles. The van der Waals surface area contributed by atoms with Crippen molar-refractivity contribution in [3.63, 3.8) is 0 Å². The van der Waals surface area contributed by atoms with Gasteiger partial charge in [-0.05, 0) is 41.8 Å². The molecule has 0 bridgehead atoms. The number of cyclic esters (lactones) is 1. The maximum Gasteiger partial charge on any atom is 0.347 e. The molecule has 0 N–H and O–H groups in total. The van der Waals surface area contributed by atoms with E-state index in [2.05, 4.69) is 0 Å². The molecule has 0 aromatic heterocycles. The van der Waals surface area contributed by atoms with Gasteiger partial charge < -0.3 is 9.47 Å². The number of carbonyl (C=O) groups is 2. The van der Waals surface area contributed by atoms with E-state index >= 15 is 0 Å². The number of hydrogen-bond donors (Lipinski definition) is 0. The molecule has 2 aromatic rings. The topological polar surface area (TPSA) is 90.0 Å². The van der Waals surface area contributed by atoms with E-state index in [-0.39, 0.29) is 30.9 Å². The Morgan fingerprint density at radius 2 is 1.90 bits per heavy atom. The normalized spacial score (nSPS) is 21.7. The number of ether oxygens (including phenoxy) is 2. The molecule has 0 spiro atoms. The van der Waals surface area contributed by atoms with Gasteiger partial charge in [0.05, 0.1) is 24.0 Å². The van der Waals surface area contributed by atoms with Gasteiger partial charge in [-0.3, -0.25) is 4.79 Å². The SMILES string of the molecule is O=C(CC1c2ccccc2CCN1S(=O)(=O)c1ccc(F)cc1)OC1CCOC1=O. The number of sulfonamides is 1. The Morgan fingerprint density at radius 3 is 2.60 bits per heavy atom. The summed E-state index contributed by atoms with van der Waals surface area (Å²) in [7, 11) is -3.99. The lowest BCUT2D eigenvalue weighted by atomic mass is 9.92. The average Bonchev–Trinajstić information content (AvgIpc) is 3.12. The number of hydrogen-bond acceptors (Lipinski definition) is 6. The van der Waals surface area contributed by atoms with Crippen LogP contribution in [0.5, 0.6) is 0 Å². The Kier molecular flexibility index (Phi) is 5.57. The molecule has 2 unspecified atom stereocenters. The first-order chi connectivity index (χ1) is 14.4. The van der Waals surface area contributed by atoms with Crippen molar-refractivity contribution in [2.75, 3.05) is 13.2 Å². The van der Waals surface area contributed by atoms with Crippen LogP contribution in [-0.2, 0) is 35.5 Å². The van der Waals surface area contributed by atoms with Gasteiger partial charge >= 0.3 is 11.9 Å². The van der Waals surface area contributed by atoms with Crippen molar-refractivity contribution in [1.29, 1.82) is 0 Å². The highest BCUT2D eigenvalue weighted by Gasteiger charge is 2.39. The fraction of sp³-hybridized carbons (Fsp3) is 0.333. The molecule has 1 saturated heterocycles. The molecule has 0 aliphatic carbocycles. The quantitative estimate of drug-likeness (QED) is 0.673. The third-order valence-corrected chi connectivity index (χ3v) is 7.23. The number of esters is 2. The van der Waals surface area contributed by atoms with Crippen molar-refractivity contribution in [1.82, 2.24) is 4.31 Å². The zero-order chi connectivity index (χ0) is 21.3. The van der Waals surface area contributed by atoms with Crippen molar-refractivity contribution >= 4 is 22.0 Å². The lowest BCUT2D eigenvalue weighted by molar-refractivity contribution is -0.160. The first-order valence-corrected chi connectivity index (χ1v) is 11.0. The van der Waals surface area contributed by atoms with E-state index in [4.69, 9.17) is 9.47 Å². The van der Waals surface area contributed by atoms with Crippen molar-refractivity contribution in [3.05, 3.63) is 65.5 Å². The molecule has 7 nitrogen and oxygen atoms in total. The average molecular weight is 433 g/mol. The van der Waals surface area contributed by atoms with E-state index in [0.29, 0.717) is 12.0 Å². The molecular weight excluding hydrogens is 413 g/mol. The Labute approximate surface area is 173 Å². The molecule has 2 aliphatic heterocycles. The Hall–Kier alpha value is -2.78. The lowest BCUT2D eigenvalue weighted by Crippen LogP contribution is -2.41.